The van der Waals surface area contributed by atoms with E-state index in [1.807, 2.05) is 0 Å². The van der Waals surface area contributed by atoms with Crippen LogP contribution in [0.2, 0.25) is 0 Å². The lowest BCUT2D eigenvalue weighted by molar-refractivity contribution is -0.143. The summed E-state index contributed by atoms with van der Waals surface area (Å²) in [6.45, 7) is 3.11. The van der Waals surface area contributed by atoms with Gasteiger partial charge in [-0.2, -0.15) is 0 Å². The van der Waals surface area contributed by atoms with Gasteiger partial charge in [-0.05, 0) is 18.1 Å². The third-order valence-corrected chi connectivity index (χ3v) is 3.82. The van der Waals surface area contributed by atoms with E-state index in [9.17, 15) is 19.5 Å². The van der Waals surface area contributed by atoms with Gasteiger partial charge >= 0.3 is 5.97 Å². The molecule has 0 unspecified atom stereocenters. The summed E-state index contributed by atoms with van der Waals surface area (Å²) in [7, 11) is 0. The SMILES string of the molecule is CC(C)[C@H](C(=O)O)N(CC(=O)c1ccccc1)C(=O)c1ccncc1. The number of carboxylic acid groups (broad SMARTS) is 1. The maximum atomic E-state index is 12.8. The van der Waals surface area contributed by atoms with Crippen LogP contribution in [0.3, 0.4) is 0 Å². The van der Waals surface area contributed by atoms with Crippen molar-refractivity contribution in [1.82, 2.24) is 9.88 Å². The Labute approximate surface area is 146 Å². The number of Topliss-reactive ketones (excluding diaryl/α,β-unsaturated/α-hetero) is 1. The van der Waals surface area contributed by atoms with E-state index >= 15 is 0 Å². The van der Waals surface area contributed by atoms with Gasteiger partial charge in [0.1, 0.15) is 6.04 Å². The summed E-state index contributed by atoms with van der Waals surface area (Å²) >= 11 is 0. The van der Waals surface area contributed by atoms with Gasteiger partial charge < -0.3 is 10.0 Å². The van der Waals surface area contributed by atoms with E-state index in [4.69, 9.17) is 0 Å². The molecule has 1 heterocycles. The van der Waals surface area contributed by atoms with E-state index in [-0.39, 0.29) is 18.2 Å². The third kappa shape index (κ3) is 4.50. The molecular weight excluding hydrogens is 320 g/mol. The Hall–Kier alpha value is -3.02. The van der Waals surface area contributed by atoms with Crippen molar-refractivity contribution in [2.75, 3.05) is 6.54 Å². The number of hydrogen-bond donors (Lipinski definition) is 1. The van der Waals surface area contributed by atoms with Gasteiger partial charge in [0.15, 0.2) is 5.78 Å². The molecule has 2 aromatic rings. The molecule has 6 heteroatoms. The number of benzene rings is 1. The molecule has 0 spiro atoms. The van der Waals surface area contributed by atoms with Gasteiger partial charge in [0.05, 0.1) is 6.54 Å². The summed E-state index contributed by atoms with van der Waals surface area (Å²) < 4.78 is 0. The predicted octanol–water partition coefficient (Wildman–Crippen LogP) is 2.52. The van der Waals surface area contributed by atoms with Crippen molar-refractivity contribution in [3.63, 3.8) is 0 Å². The van der Waals surface area contributed by atoms with Crippen molar-refractivity contribution in [2.24, 2.45) is 5.92 Å². The summed E-state index contributed by atoms with van der Waals surface area (Å²) in [5, 5.41) is 9.58. The lowest BCUT2D eigenvalue weighted by Crippen LogP contribution is -2.50. The summed E-state index contributed by atoms with van der Waals surface area (Å²) in [5.41, 5.74) is 0.727. The third-order valence-electron chi connectivity index (χ3n) is 3.82. The number of nitrogens with zero attached hydrogens (tertiary/aromatic N) is 2. The minimum atomic E-state index is -1.14. The molecule has 1 amide bonds. The van der Waals surface area contributed by atoms with Crippen LogP contribution in [0.4, 0.5) is 0 Å². The standard InChI is InChI=1S/C19H20N2O4/c1-13(2)17(19(24)25)21(18(23)15-8-10-20-11-9-15)12-16(22)14-6-4-3-5-7-14/h3-11,13,17H,12H2,1-2H3,(H,24,25)/t17-/m1/s1. The number of hydrogen-bond acceptors (Lipinski definition) is 4. The number of rotatable bonds is 7. The number of carbonyl (C=O) groups is 3. The highest BCUT2D eigenvalue weighted by Gasteiger charge is 2.34. The van der Waals surface area contributed by atoms with Crippen molar-refractivity contribution < 1.29 is 19.5 Å². The highest BCUT2D eigenvalue weighted by molar-refractivity contribution is 6.03. The van der Waals surface area contributed by atoms with Crippen molar-refractivity contribution in [3.05, 3.63) is 66.0 Å². The number of aromatic nitrogens is 1. The van der Waals surface area contributed by atoms with Gasteiger partial charge in [0, 0.05) is 23.5 Å². The number of pyridine rings is 1. The lowest BCUT2D eigenvalue weighted by atomic mass is 10.00. The van der Waals surface area contributed by atoms with Gasteiger partial charge in [0.25, 0.3) is 5.91 Å². The van der Waals surface area contributed by atoms with Crippen LogP contribution in [0.1, 0.15) is 34.6 Å². The highest BCUT2D eigenvalue weighted by Crippen LogP contribution is 2.16. The van der Waals surface area contributed by atoms with E-state index < -0.39 is 17.9 Å². The molecule has 130 valence electrons. The normalized spacial score (nSPS) is 11.8. The highest BCUT2D eigenvalue weighted by atomic mass is 16.4. The van der Waals surface area contributed by atoms with Crippen LogP contribution in [0.15, 0.2) is 54.9 Å². The molecule has 0 radical (unpaired) electrons. The minimum absolute atomic E-state index is 0.294. The summed E-state index contributed by atoms with van der Waals surface area (Å²) in [5.74, 6) is -2.31. The first-order chi connectivity index (χ1) is 11.9. The lowest BCUT2D eigenvalue weighted by Gasteiger charge is -2.31. The molecule has 0 saturated heterocycles. The van der Waals surface area contributed by atoms with E-state index in [1.165, 1.54) is 24.5 Å². The van der Waals surface area contributed by atoms with Crippen LogP contribution in [-0.2, 0) is 4.79 Å². The maximum Gasteiger partial charge on any atom is 0.326 e. The molecule has 25 heavy (non-hydrogen) atoms. The first-order valence-corrected chi connectivity index (χ1v) is 7.94. The Morgan fingerprint density at radius 2 is 1.60 bits per heavy atom. The Morgan fingerprint density at radius 1 is 1.00 bits per heavy atom. The molecule has 0 aliphatic carbocycles. The van der Waals surface area contributed by atoms with Crippen molar-refractivity contribution in [3.8, 4) is 0 Å². The maximum absolute atomic E-state index is 12.8. The monoisotopic (exact) mass is 340 g/mol. The minimum Gasteiger partial charge on any atom is -0.480 e. The molecule has 1 aromatic carbocycles. The van der Waals surface area contributed by atoms with Gasteiger partial charge in [-0.15, -0.1) is 0 Å². The number of aliphatic carboxylic acids is 1. The van der Waals surface area contributed by atoms with Crippen LogP contribution >= 0.6 is 0 Å². The molecule has 1 atom stereocenters. The number of amides is 1. The summed E-state index contributed by atoms with van der Waals surface area (Å²) in [6, 6.07) is 10.4. The Morgan fingerprint density at radius 3 is 2.12 bits per heavy atom. The first kappa shape index (κ1) is 18.3. The molecule has 6 nitrogen and oxygen atoms in total. The molecule has 0 fully saturated rings. The zero-order valence-corrected chi connectivity index (χ0v) is 14.1. The number of carbonyl (C=O) groups excluding carboxylic acids is 2. The van der Waals surface area contributed by atoms with Crippen LogP contribution in [0.25, 0.3) is 0 Å². The topological polar surface area (TPSA) is 87.6 Å². The number of ketones is 1. The molecule has 1 N–H and O–H groups in total. The molecule has 0 aliphatic heterocycles. The second kappa shape index (κ2) is 8.19. The summed E-state index contributed by atoms with van der Waals surface area (Å²) in [4.78, 5) is 42.1. The molecular formula is C19H20N2O4. The van der Waals surface area contributed by atoms with Crippen molar-refractivity contribution in [2.45, 2.75) is 19.9 Å². The van der Waals surface area contributed by atoms with Crippen LogP contribution in [0.5, 0.6) is 0 Å². The largest absolute Gasteiger partial charge is 0.480 e. The van der Waals surface area contributed by atoms with Crippen LogP contribution in [0, 0.1) is 5.92 Å². The van der Waals surface area contributed by atoms with E-state index in [0.717, 1.165) is 4.90 Å². The molecule has 2 rings (SSSR count). The van der Waals surface area contributed by atoms with E-state index in [0.29, 0.717) is 11.1 Å². The average Bonchev–Trinajstić information content (AvgIpc) is 2.61. The average molecular weight is 340 g/mol. The number of carboxylic acids is 1. The Bertz CT molecular complexity index is 745. The second-order valence-electron chi connectivity index (χ2n) is 5.99. The van der Waals surface area contributed by atoms with Gasteiger partial charge in [0.2, 0.25) is 0 Å². The first-order valence-electron chi connectivity index (χ1n) is 7.94. The molecule has 0 aliphatic rings. The van der Waals surface area contributed by atoms with E-state index in [1.54, 1.807) is 44.2 Å². The summed E-state index contributed by atoms with van der Waals surface area (Å²) in [6.07, 6.45) is 2.91. The van der Waals surface area contributed by atoms with Gasteiger partial charge in [-0.25, -0.2) is 4.79 Å². The van der Waals surface area contributed by atoms with Gasteiger partial charge in [-0.3, -0.25) is 14.6 Å². The fraction of sp³-hybridized carbons (Fsp3) is 0.263. The molecule has 0 saturated carbocycles. The predicted molar refractivity (Wildman–Crippen MR) is 92.3 cm³/mol. The molecule has 0 bridgehead atoms. The Balaban J connectivity index is 2.36. The van der Waals surface area contributed by atoms with Crippen molar-refractivity contribution in [1.29, 1.82) is 0 Å². The zero-order valence-electron chi connectivity index (χ0n) is 14.1. The fourth-order valence-corrected chi connectivity index (χ4v) is 2.61. The Kier molecular flexibility index (Phi) is 6.00. The zero-order chi connectivity index (χ0) is 18.4. The van der Waals surface area contributed by atoms with Crippen molar-refractivity contribution >= 4 is 17.7 Å². The fourth-order valence-electron chi connectivity index (χ4n) is 2.61. The van der Waals surface area contributed by atoms with Crippen LogP contribution < -0.4 is 0 Å². The molecule has 1 aromatic heterocycles. The van der Waals surface area contributed by atoms with Crippen LogP contribution in [-0.4, -0.2) is 45.2 Å². The van der Waals surface area contributed by atoms with E-state index in [2.05, 4.69) is 4.98 Å². The smallest absolute Gasteiger partial charge is 0.326 e. The van der Waals surface area contributed by atoms with Gasteiger partial charge in [-0.1, -0.05) is 44.2 Å². The second-order valence-corrected chi connectivity index (χ2v) is 5.99. The quantitative estimate of drug-likeness (QED) is 0.783.